The molecule has 0 unspecified atom stereocenters. The Hall–Kier alpha value is -2.24. The van der Waals surface area contributed by atoms with Gasteiger partial charge in [-0.15, -0.1) is 0 Å². The van der Waals surface area contributed by atoms with Crippen LogP contribution >= 0.6 is 0 Å². The molecule has 6 heteroatoms. The summed E-state index contributed by atoms with van der Waals surface area (Å²) in [6.45, 7) is 0.275. The van der Waals surface area contributed by atoms with Crippen LogP contribution < -0.4 is 20.1 Å². The third-order valence-corrected chi connectivity index (χ3v) is 3.20. The average molecular weight is 264 g/mol. The van der Waals surface area contributed by atoms with Gasteiger partial charge in [0.05, 0.1) is 25.8 Å². The zero-order chi connectivity index (χ0) is 14.0. The van der Waals surface area contributed by atoms with E-state index in [0.717, 1.165) is 0 Å². The Balaban J connectivity index is 2.35. The predicted molar refractivity (Wildman–Crippen MR) is 69.2 cm³/mol. The molecule has 19 heavy (non-hydrogen) atoms. The fraction of sp³-hybridized carbons (Fsp3) is 0.385. The molecule has 0 bridgehead atoms. The van der Waals surface area contributed by atoms with Crippen LogP contribution in [0.2, 0.25) is 0 Å². The van der Waals surface area contributed by atoms with Gasteiger partial charge in [-0.1, -0.05) is 0 Å². The number of nitrogens with zero attached hydrogens (tertiary/aromatic N) is 1. The second-order valence-electron chi connectivity index (χ2n) is 4.35. The number of rotatable bonds is 4. The van der Waals surface area contributed by atoms with Gasteiger partial charge in [-0.2, -0.15) is 0 Å². The number of carbonyl (C=O) groups is 2. The molecule has 2 rings (SSSR count). The molecule has 1 atom stereocenters. The highest BCUT2D eigenvalue weighted by molar-refractivity contribution is 6.01. The number of primary amides is 1. The molecule has 0 radical (unpaired) electrons. The average Bonchev–Trinajstić information content (AvgIpc) is 2.80. The number of amides is 2. The summed E-state index contributed by atoms with van der Waals surface area (Å²) >= 11 is 0. The minimum atomic E-state index is -0.460. The van der Waals surface area contributed by atoms with Crippen molar-refractivity contribution in [1.29, 1.82) is 0 Å². The van der Waals surface area contributed by atoms with Gasteiger partial charge in [0.25, 0.3) is 0 Å². The molecule has 1 aromatic carbocycles. The van der Waals surface area contributed by atoms with E-state index in [1.807, 2.05) is 0 Å². The first-order valence-electron chi connectivity index (χ1n) is 5.88. The van der Waals surface area contributed by atoms with Gasteiger partial charge in [0.2, 0.25) is 11.8 Å². The first-order chi connectivity index (χ1) is 9.06. The SMILES string of the molecule is COc1ccc(OC)c(N2C[C@H](C(N)=O)CC2=O)c1. The summed E-state index contributed by atoms with van der Waals surface area (Å²) in [4.78, 5) is 24.7. The van der Waals surface area contributed by atoms with Crippen LogP contribution in [0.4, 0.5) is 5.69 Å². The van der Waals surface area contributed by atoms with Crippen molar-refractivity contribution in [1.82, 2.24) is 0 Å². The maximum atomic E-state index is 12.0. The summed E-state index contributed by atoms with van der Waals surface area (Å²) in [5.74, 6) is 0.113. The normalized spacial score (nSPS) is 18.5. The Morgan fingerprint density at radius 1 is 1.37 bits per heavy atom. The van der Waals surface area contributed by atoms with Crippen molar-refractivity contribution in [2.75, 3.05) is 25.7 Å². The van der Waals surface area contributed by atoms with E-state index < -0.39 is 11.8 Å². The molecule has 0 spiro atoms. The monoisotopic (exact) mass is 264 g/mol. The van der Waals surface area contributed by atoms with Crippen LogP contribution in [0.1, 0.15) is 6.42 Å². The number of nitrogens with two attached hydrogens (primary N) is 1. The quantitative estimate of drug-likeness (QED) is 0.860. The van der Waals surface area contributed by atoms with E-state index in [1.165, 1.54) is 12.0 Å². The third-order valence-electron chi connectivity index (χ3n) is 3.20. The summed E-state index contributed by atoms with van der Waals surface area (Å²) in [7, 11) is 3.07. The summed E-state index contributed by atoms with van der Waals surface area (Å²) in [6, 6.07) is 5.17. The van der Waals surface area contributed by atoms with Crippen LogP contribution in [0.25, 0.3) is 0 Å². The van der Waals surface area contributed by atoms with Crippen LogP contribution in [-0.4, -0.2) is 32.6 Å². The predicted octanol–water partition coefficient (Wildman–Crippen LogP) is 0.542. The maximum Gasteiger partial charge on any atom is 0.227 e. The van der Waals surface area contributed by atoms with E-state index in [2.05, 4.69) is 0 Å². The zero-order valence-electron chi connectivity index (χ0n) is 10.9. The van der Waals surface area contributed by atoms with Crippen LogP contribution in [0.15, 0.2) is 18.2 Å². The van der Waals surface area contributed by atoms with Crippen LogP contribution in [0.3, 0.4) is 0 Å². The molecule has 102 valence electrons. The number of methoxy groups -OCH3 is 2. The van der Waals surface area contributed by atoms with Crippen molar-refractivity contribution >= 4 is 17.5 Å². The van der Waals surface area contributed by atoms with Gasteiger partial charge in [-0.05, 0) is 12.1 Å². The number of carbonyl (C=O) groups excluding carboxylic acids is 2. The van der Waals surface area contributed by atoms with E-state index in [1.54, 1.807) is 25.3 Å². The fourth-order valence-electron chi connectivity index (χ4n) is 2.14. The first-order valence-corrected chi connectivity index (χ1v) is 5.88. The highest BCUT2D eigenvalue weighted by atomic mass is 16.5. The Kier molecular flexibility index (Phi) is 3.59. The van der Waals surface area contributed by atoms with Gasteiger partial charge < -0.3 is 20.1 Å². The van der Waals surface area contributed by atoms with E-state index in [0.29, 0.717) is 17.2 Å². The number of anilines is 1. The molecule has 1 aliphatic rings. The van der Waals surface area contributed by atoms with Crippen LogP contribution in [0, 0.1) is 5.92 Å². The van der Waals surface area contributed by atoms with Crippen molar-refractivity contribution < 1.29 is 19.1 Å². The van der Waals surface area contributed by atoms with Crippen molar-refractivity contribution in [3.05, 3.63) is 18.2 Å². The van der Waals surface area contributed by atoms with Gasteiger partial charge in [0.1, 0.15) is 11.5 Å². The lowest BCUT2D eigenvalue weighted by Crippen LogP contribution is -2.28. The molecule has 1 aliphatic heterocycles. The first kappa shape index (κ1) is 13.2. The standard InChI is InChI=1S/C13H16N2O4/c1-18-9-3-4-11(19-2)10(6-9)15-7-8(13(14)17)5-12(15)16/h3-4,6,8H,5,7H2,1-2H3,(H2,14,17)/t8-/m1/s1. The van der Waals surface area contributed by atoms with Crippen molar-refractivity contribution in [2.45, 2.75) is 6.42 Å². The van der Waals surface area contributed by atoms with Crippen molar-refractivity contribution in [3.8, 4) is 11.5 Å². The second kappa shape index (κ2) is 5.17. The highest BCUT2D eigenvalue weighted by Gasteiger charge is 2.35. The number of hydrogen-bond donors (Lipinski definition) is 1. The van der Waals surface area contributed by atoms with Crippen molar-refractivity contribution in [2.24, 2.45) is 11.7 Å². The lowest BCUT2D eigenvalue weighted by Gasteiger charge is -2.20. The Labute approximate surface area is 111 Å². The second-order valence-corrected chi connectivity index (χ2v) is 4.35. The van der Waals surface area contributed by atoms with Crippen molar-refractivity contribution in [3.63, 3.8) is 0 Å². The number of ether oxygens (including phenoxy) is 2. The van der Waals surface area contributed by atoms with Crippen LogP contribution in [-0.2, 0) is 9.59 Å². The Bertz CT molecular complexity index is 515. The summed E-state index contributed by atoms with van der Waals surface area (Å²) < 4.78 is 10.4. The number of hydrogen-bond acceptors (Lipinski definition) is 4. The van der Waals surface area contributed by atoms with Gasteiger partial charge >= 0.3 is 0 Å². The lowest BCUT2D eigenvalue weighted by atomic mass is 10.1. The summed E-state index contributed by atoms with van der Waals surface area (Å²) in [5.41, 5.74) is 5.85. The van der Waals surface area contributed by atoms with Gasteiger partial charge in [0.15, 0.2) is 0 Å². The molecule has 1 saturated heterocycles. The molecular weight excluding hydrogens is 248 g/mol. The van der Waals surface area contributed by atoms with E-state index in [9.17, 15) is 9.59 Å². The van der Waals surface area contributed by atoms with Gasteiger partial charge in [0, 0.05) is 19.0 Å². The van der Waals surface area contributed by atoms with E-state index >= 15 is 0 Å². The van der Waals surface area contributed by atoms with E-state index in [4.69, 9.17) is 15.2 Å². The van der Waals surface area contributed by atoms with Crippen LogP contribution in [0.5, 0.6) is 11.5 Å². The fourth-order valence-corrected chi connectivity index (χ4v) is 2.14. The molecule has 1 aromatic rings. The molecule has 1 heterocycles. The molecular formula is C13H16N2O4. The molecule has 2 amide bonds. The topological polar surface area (TPSA) is 81.9 Å². The summed E-state index contributed by atoms with van der Waals surface area (Å²) in [6.07, 6.45) is 0.135. The molecule has 0 saturated carbocycles. The third kappa shape index (κ3) is 2.47. The maximum absolute atomic E-state index is 12.0. The zero-order valence-corrected chi connectivity index (χ0v) is 10.9. The molecule has 6 nitrogen and oxygen atoms in total. The molecule has 0 aliphatic carbocycles. The summed E-state index contributed by atoms with van der Waals surface area (Å²) in [5, 5.41) is 0. The largest absolute Gasteiger partial charge is 0.497 e. The number of benzene rings is 1. The Morgan fingerprint density at radius 3 is 2.63 bits per heavy atom. The molecule has 2 N–H and O–H groups in total. The van der Waals surface area contributed by atoms with Gasteiger partial charge in [-0.3, -0.25) is 9.59 Å². The minimum absolute atomic E-state index is 0.135. The van der Waals surface area contributed by atoms with Gasteiger partial charge in [-0.25, -0.2) is 0 Å². The van der Waals surface area contributed by atoms with E-state index in [-0.39, 0.29) is 18.9 Å². The highest BCUT2D eigenvalue weighted by Crippen LogP contribution is 2.35. The molecule has 0 aromatic heterocycles. The lowest BCUT2D eigenvalue weighted by molar-refractivity contribution is -0.123. The minimum Gasteiger partial charge on any atom is -0.497 e. The molecule has 1 fully saturated rings. The Morgan fingerprint density at radius 2 is 2.11 bits per heavy atom. The smallest absolute Gasteiger partial charge is 0.227 e.